The molecule has 1 aliphatic heterocycles. The van der Waals surface area contributed by atoms with E-state index in [0.717, 1.165) is 0 Å². The van der Waals surface area contributed by atoms with Crippen LogP contribution >= 0.6 is 0 Å². The molecule has 2 aromatic heterocycles. The SMILES string of the molecule is OC(c1cnc(C(F)(F)F)nc1)C1C(C(F)(F)F)=NN(c2cnc(C(F)(F)F)nc2)C1O. The number of rotatable bonds is 3. The summed E-state index contributed by atoms with van der Waals surface area (Å²) in [6.07, 6.45) is -18.0. The van der Waals surface area contributed by atoms with Gasteiger partial charge in [0.1, 0.15) is 0 Å². The van der Waals surface area contributed by atoms with E-state index in [1.54, 1.807) is 0 Å². The predicted octanol–water partition coefficient (Wildman–Crippen LogP) is 2.71. The molecule has 0 aromatic carbocycles. The second kappa shape index (κ2) is 7.80. The molecule has 2 aromatic rings. The van der Waals surface area contributed by atoms with Crippen molar-refractivity contribution in [3.8, 4) is 0 Å². The summed E-state index contributed by atoms with van der Waals surface area (Å²) in [7, 11) is 0. The Kier molecular flexibility index (Phi) is 5.75. The highest BCUT2D eigenvalue weighted by molar-refractivity contribution is 5.95. The number of nitrogens with zero attached hydrogens (tertiary/aromatic N) is 6. The van der Waals surface area contributed by atoms with Crippen LogP contribution in [0.25, 0.3) is 0 Å². The van der Waals surface area contributed by atoms with E-state index in [1.165, 1.54) is 0 Å². The Morgan fingerprint density at radius 1 is 0.750 bits per heavy atom. The zero-order chi connectivity index (χ0) is 24.1. The zero-order valence-corrected chi connectivity index (χ0v) is 15.0. The first kappa shape index (κ1) is 23.6. The van der Waals surface area contributed by atoms with E-state index in [9.17, 15) is 49.7 Å². The zero-order valence-electron chi connectivity index (χ0n) is 15.0. The molecular formula is C15H9F9N6O2. The van der Waals surface area contributed by atoms with Gasteiger partial charge in [-0.1, -0.05) is 0 Å². The van der Waals surface area contributed by atoms with Crippen molar-refractivity contribution in [2.45, 2.75) is 30.9 Å². The Hall–Kier alpha value is -3.08. The number of aromatic nitrogens is 4. The normalized spacial score (nSPS) is 21.0. The van der Waals surface area contributed by atoms with Gasteiger partial charge < -0.3 is 10.2 Å². The quantitative estimate of drug-likeness (QED) is 0.656. The Morgan fingerprint density at radius 3 is 1.59 bits per heavy atom. The molecule has 0 fully saturated rings. The third kappa shape index (κ3) is 4.57. The number of aliphatic hydroxyl groups excluding tert-OH is 2. The van der Waals surface area contributed by atoms with Crippen molar-refractivity contribution in [3.63, 3.8) is 0 Å². The maximum absolute atomic E-state index is 13.5. The molecule has 1 aliphatic rings. The Labute approximate surface area is 171 Å². The first-order valence-corrected chi connectivity index (χ1v) is 8.20. The van der Waals surface area contributed by atoms with E-state index in [0.29, 0.717) is 24.8 Å². The number of halogens is 9. The van der Waals surface area contributed by atoms with Crippen molar-refractivity contribution in [1.82, 2.24) is 19.9 Å². The van der Waals surface area contributed by atoms with E-state index in [-0.39, 0.29) is 5.01 Å². The molecule has 17 heteroatoms. The molecular weight excluding hydrogens is 467 g/mol. The maximum Gasteiger partial charge on any atom is 0.451 e. The van der Waals surface area contributed by atoms with E-state index < -0.39 is 65.4 Å². The first-order valence-electron chi connectivity index (χ1n) is 8.20. The molecule has 0 spiro atoms. The maximum atomic E-state index is 13.5. The molecule has 0 radical (unpaired) electrons. The Balaban J connectivity index is 1.95. The standard InChI is InChI=1S/C15H9F9N6O2/c16-13(17,18)9-7(8(31)5-1-25-11(26-2-5)14(19,20)21)10(32)30(29-9)6-3-27-12(28-4-6)15(22,23)24/h1-4,7-8,10,31-32H. The summed E-state index contributed by atoms with van der Waals surface area (Å²) in [6, 6.07) is 0. The number of hydrazone groups is 1. The van der Waals surface area contributed by atoms with Crippen LogP contribution in [0, 0.1) is 5.92 Å². The predicted molar refractivity (Wildman–Crippen MR) is 84.5 cm³/mol. The summed E-state index contributed by atoms with van der Waals surface area (Å²) in [6.45, 7) is 0. The van der Waals surface area contributed by atoms with Gasteiger partial charge in [-0.2, -0.15) is 44.6 Å². The highest BCUT2D eigenvalue weighted by Crippen LogP contribution is 2.40. The summed E-state index contributed by atoms with van der Waals surface area (Å²) in [5.41, 5.74) is -2.94. The van der Waals surface area contributed by atoms with E-state index in [2.05, 4.69) is 25.0 Å². The van der Waals surface area contributed by atoms with Gasteiger partial charge in [-0.15, -0.1) is 0 Å². The Morgan fingerprint density at radius 2 is 1.19 bits per heavy atom. The van der Waals surface area contributed by atoms with Crippen molar-refractivity contribution < 1.29 is 49.7 Å². The van der Waals surface area contributed by atoms with Gasteiger partial charge in [0.15, 0.2) is 11.9 Å². The number of aliphatic hydroxyl groups is 2. The average molecular weight is 476 g/mol. The molecule has 32 heavy (non-hydrogen) atoms. The third-order valence-electron chi connectivity index (χ3n) is 4.16. The second-order valence-corrected chi connectivity index (χ2v) is 6.31. The lowest BCUT2D eigenvalue weighted by Crippen LogP contribution is -2.40. The molecule has 3 unspecified atom stereocenters. The van der Waals surface area contributed by atoms with Gasteiger partial charge in [0.25, 0.3) is 0 Å². The van der Waals surface area contributed by atoms with Crippen LogP contribution in [0.5, 0.6) is 0 Å². The van der Waals surface area contributed by atoms with Crippen LogP contribution < -0.4 is 5.01 Å². The number of hydrogen-bond donors (Lipinski definition) is 2. The smallest absolute Gasteiger partial charge is 0.387 e. The molecule has 0 aliphatic carbocycles. The number of alkyl halides is 9. The molecule has 0 amide bonds. The molecule has 174 valence electrons. The lowest BCUT2D eigenvalue weighted by atomic mass is 9.91. The van der Waals surface area contributed by atoms with Crippen LogP contribution in [0.1, 0.15) is 23.3 Å². The molecule has 0 saturated carbocycles. The van der Waals surface area contributed by atoms with Gasteiger partial charge in [-0.05, 0) is 0 Å². The minimum absolute atomic E-state index is 0.224. The summed E-state index contributed by atoms with van der Waals surface area (Å²) in [5.74, 6) is -5.50. The molecule has 3 atom stereocenters. The number of anilines is 1. The lowest BCUT2D eigenvalue weighted by Gasteiger charge is -2.26. The van der Waals surface area contributed by atoms with Gasteiger partial charge in [0.2, 0.25) is 11.6 Å². The van der Waals surface area contributed by atoms with E-state index in [1.807, 2.05) is 0 Å². The van der Waals surface area contributed by atoms with Crippen LogP contribution in [-0.4, -0.2) is 48.3 Å². The first-order chi connectivity index (χ1) is 14.6. The average Bonchev–Trinajstić information content (AvgIpc) is 3.04. The fourth-order valence-electron chi connectivity index (χ4n) is 2.73. The van der Waals surface area contributed by atoms with Crippen molar-refractivity contribution in [2.75, 3.05) is 5.01 Å². The minimum Gasteiger partial charge on any atom is -0.387 e. The lowest BCUT2D eigenvalue weighted by molar-refractivity contribution is -0.145. The summed E-state index contributed by atoms with van der Waals surface area (Å²) in [4.78, 5) is 11.7. The highest BCUT2D eigenvalue weighted by atomic mass is 19.4. The monoisotopic (exact) mass is 476 g/mol. The summed E-state index contributed by atoms with van der Waals surface area (Å²) in [5, 5.41) is 24.0. The topological polar surface area (TPSA) is 108 Å². The van der Waals surface area contributed by atoms with Crippen LogP contribution in [0.4, 0.5) is 45.2 Å². The van der Waals surface area contributed by atoms with Gasteiger partial charge in [-0.3, -0.25) is 0 Å². The van der Waals surface area contributed by atoms with Crippen molar-refractivity contribution >= 4 is 11.4 Å². The minimum atomic E-state index is -5.24. The largest absolute Gasteiger partial charge is 0.451 e. The molecule has 0 saturated heterocycles. The summed E-state index contributed by atoms with van der Waals surface area (Å²) >= 11 is 0. The molecule has 2 N–H and O–H groups in total. The van der Waals surface area contributed by atoms with E-state index >= 15 is 0 Å². The second-order valence-electron chi connectivity index (χ2n) is 6.31. The van der Waals surface area contributed by atoms with Crippen LogP contribution in [0.3, 0.4) is 0 Å². The fraction of sp³-hybridized carbons (Fsp3) is 0.400. The highest BCUT2D eigenvalue weighted by Gasteiger charge is 2.53. The molecule has 0 bridgehead atoms. The molecule has 3 rings (SSSR count). The van der Waals surface area contributed by atoms with Gasteiger partial charge in [0, 0.05) is 18.0 Å². The van der Waals surface area contributed by atoms with Crippen LogP contribution in [-0.2, 0) is 12.4 Å². The third-order valence-corrected chi connectivity index (χ3v) is 4.16. The van der Waals surface area contributed by atoms with Crippen molar-refractivity contribution in [3.05, 3.63) is 42.0 Å². The summed E-state index contributed by atoms with van der Waals surface area (Å²) < 4.78 is 116. The number of hydrogen-bond acceptors (Lipinski definition) is 8. The van der Waals surface area contributed by atoms with Crippen molar-refractivity contribution in [1.29, 1.82) is 0 Å². The van der Waals surface area contributed by atoms with Crippen LogP contribution in [0.2, 0.25) is 0 Å². The van der Waals surface area contributed by atoms with Gasteiger partial charge in [0.05, 0.1) is 30.1 Å². The van der Waals surface area contributed by atoms with Gasteiger partial charge in [-0.25, -0.2) is 24.9 Å². The molecule has 3 heterocycles. The molecule has 8 nitrogen and oxygen atoms in total. The van der Waals surface area contributed by atoms with E-state index in [4.69, 9.17) is 0 Å². The van der Waals surface area contributed by atoms with Gasteiger partial charge >= 0.3 is 18.5 Å². The Bertz CT molecular complexity index is 989. The van der Waals surface area contributed by atoms with Crippen molar-refractivity contribution in [2.24, 2.45) is 11.0 Å². The van der Waals surface area contributed by atoms with Crippen LogP contribution in [0.15, 0.2) is 29.9 Å². The fourth-order valence-corrected chi connectivity index (χ4v) is 2.73.